The highest BCUT2D eigenvalue weighted by Gasteiger charge is 1.99. The molecule has 0 fully saturated rings. The molecule has 0 bridgehead atoms. The smallest absolute Gasteiger partial charge is 0.0456 e. The van der Waals surface area contributed by atoms with Gasteiger partial charge in [-0.05, 0) is 41.8 Å². The Labute approximate surface area is 85.1 Å². The van der Waals surface area contributed by atoms with E-state index in [0.29, 0.717) is 0 Å². The minimum atomic E-state index is 0.786. The van der Waals surface area contributed by atoms with Gasteiger partial charge < -0.3 is 4.98 Å². The Kier molecular flexibility index (Phi) is 2.58. The third kappa shape index (κ3) is 1.98. The number of aromatic nitrogens is 1. The number of aromatic amines is 1. The molecule has 0 spiro atoms. The van der Waals surface area contributed by atoms with E-state index in [1.54, 1.807) is 0 Å². The lowest BCUT2D eigenvalue weighted by atomic mass is 10.0. The number of aryl methyl sites for hydroxylation is 1. The lowest BCUT2D eigenvalue weighted by molar-refractivity contribution is 0.587. The average molecular weight is 187 g/mol. The van der Waals surface area contributed by atoms with Gasteiger partial charge in [-0.15, -0.1) is 0 Å². The number of rotatable bonds is 3. The van der Waals surface area contributed by atoms with Crippen LogP contribution in [-0.4, -0.2) is 4.98 Å². The second-order valence-electron chi connectivity index (χ2n) is 4.33. The molecule has 1 aromatic heterocycles. The van der Waals surface area contributed by atoms with E-state index in [9.17, 15) is 0 Å². The van der Waals surface area contributed by atoms with Crippen LogP contribution in [0.1, 0.15) is 25.8 Å². The Morgan fingerprint density at radius 3 is 2.86 bits per heavy atom. The number of nitrogens with one attached hydrogen (secondary N) is 1. The zero-order valence-electron chi connectivity index (χ0n) is 8.88. The Hall–Kier alpha value is -1.24. The van der Waals surface area contributed by atoms with Crippen LogP contribution in [0.15, 0.2) is 30.5 Å². The van der Waals surface area contributed by atoms with Gasteiger partial charge in [-0.3, -0.25) is 0 Å². The van der Waals surface area contributed by atoms with E-state index in [1.807, 2.05) is 6.20 Å². The Morgan fingerprint density at radius 2 is 2.07 bits per heavy atom. The summed E-state index contributed by atoms with van der Waals surface area (Å²) in [6.07, 6.45) is 4.45. The van der Waals surface area contributed by atoms with E-state index in [4.69, 9.17) is 0 Å². The van der Waals surface area contributed by atoms with Crippen molar-refractivity contribution in [3.05, 3.63) is 36.0 Å². The summed E-state index contributed by atoms with van der Waals surface area (Å²) in [5.74, 6) is 0.786. The number of H-pyrrole nitrogens is 1. The molecule has 1 aromatic carbocycles. The largest absolute Gasteiger partial charge is 0.361 e. The zero-order valence-corrected chi connectivity index (χ0v) is 8.88. The Bertz CT molecular complexity index is 412. The Morgan fingerprint density at radius 1 is 1.21 bits per heavy atom. The first kappa shape index (κ1) is 9.32. The number of benzene rings is 1. The van der Waals surface area contributed by atoms with Crippen molar-refractivity contribution >= 4 is 10.9 Å². The summed E-state index contributed by atoms with van der Waals surface area (Å²) in [6.45, 7) is 4.54. The summed E-state index contributed by atoms with van der Waals surface area (Å²) < 4.78 is 0. The van der Waals surface area contributed by atoms with Crippen molar-refractivity contribution in [2.45, 2.75) is 26.7 Å². The summed E-state index contributed by atoms with van der Waals surface area (Å²) in [4.78, 5) is 3.25. The van der Waals surface area contributed by atoms with Crippen LogP contribution in [0.3, 0.4) is 0 Å². The van der Waals surface area contributed by atoms with Gasteiger partial charge in [-0.1, -0.05) is 26.0 Å². The van der Waals surface area contributed by atoms with E-state index < -0.39 is 0 Å². The van der Waals surface area contributed by atoms with Crippen molar-refractivity contribution in [1.29, 1.82) is 0 Å². The van der Waals surface area contributed by atoms with Gasteiger partial charge in [-0.2, -0.15) is 0 Å². The first-order chi connectivity index (χ1) is 6.75. The van der Waals surface area contributed by atoms with Crippen molar-refractivity contribution in [2.75, 3.05) is 0 Å². The van der Waals surface area contributed by atoms with Crippen molar-refractivity contribution in [3.63, 3.8) is 0 Å². The van der Waals surface area contributed by atoms with E-state index in [-0.39, 0.29) is 0 Å². The molecule has 0 aliphatic heterocycles. The van der Waals surface area contributed by atoms with Gasteiger partial charge in [0, 0.05) is 11.7 Å². The van der Waals surface area contributed by atoms with E-state index in [1.165, 1.54) is 29.3 Å². The first-order valence-corrected chi connectivity index (χ1v) is 5.32. The van der Waals surface area contributed by atoms with Crippen molar-refractivity contribution < 1.29 is 0 Å². The second-order valence-corrected chi connectivity index (χ2v) is 4.33. The molecule has 0 atom stereocenters. The topological polar surface area (TPSA) is 15.8 Å². The highest BCUT2D eigenvalue weighted by molar-refractivity contribution is 5.79. The van der Waals surface area contributed by atoms with Gasteiger partial charge >= 0.3 is 0 Å². The van der Waals surface area contributed by atoms with Crippen LogP contribution in [-0.2, 0) is 6.42 Å². The van der Waals surface area contributed by atoms with Crippen LogP contribution in [0.25, 0.3) is 10.9 Å². The molecule has 0 saturated carbocycles. The van der Waals surface area contributed by atoms with Gasteiger partial charge in [0.1, 0.15) is 0 Å². The van der Waals surface area contributed by atoms with Gasteiger partial charge in [-0.25, -0.2) is 0 Å². The summed E-state index contributed by atoms with van der Waals surface area (Å²) in [5.41, 5.74) is 2.69. The SMILES string of the molecule is CC(C)CCc1ccc2cc[nH]c2c1. The molecule has 0 aliphatic carbocycles. The summed E-state index contributed by atoms with van der Waals surface area (Å²) in [5, 5.41) is 1.30. The second kappa shape index (κ2) is 3.87. The third-order valence-corrected chi connectivity index (χ3v) is 2.63. The normalized spacial score (nSPS) is 11.4. The van der Waals surface area contributed by atoms with Gasteiger partial charge in [0.05, 0.1) is 0 Å². The van der Waals surface area contributed by atoms with E-state index >= 15 is 0 Å². The average Bonchev–Trinajstić information content (AvgIpc) is 2.61. The third-order valence-electron chi connectivity index (χ3n) is 2.63. The maximum absolute atomic E-state index is 3.25. The molecular weight excluding hydrogens is 170 g/mol. The molecule has 14 heavy (non-hydrogen) atoms. The molecule has 1 nitrogen and oxygen atoms in total. The first-order valence-electron chi connectivity index (χ1n) is 5.32. The zero-order chi connectivity index (χ0) is 9.97. The molecule has 2 aromatic rings. The highest BCUT2D eigenvalue weighted by atomic mass is 14.7. The molecule has 0 aliphatic rings. The molecule has 0 amide bonds. The van der Waals surface area contributed by atoms with Crippen LogP contribution in [0, 0.1) is 5.92 Å². The molecule has 1 heteroatoms. The molecular formula is C13H17N. The van der Waals surface area contributed by atoms with Crippen molar-refractivity contribution in [2.24, 2.45) is 5.92 Å². The lowest BCUT2D eigenvalue weighted by Crippen LogP contribution is -1.91. The number of hydrogen-bond donors (Lipinski definition) is 1. The molecule has 74 valence electrons. The van der Waals surface area contributed by atoms with Crippen LogP contribution < -0.4 is 0 Å². The van der Waals surface area contributed by atoms with Gasteiger partial charge in [0.15, 0.2) is 0 Å². The fraction of sp³-hybridized carbons (Fsp3) is 0.385. The molecule has 0 radical (unpaired) electrons. The van der Waals surface area contributed by atoms with Crippen LogP contribution in [0.5, 0.6) is 0 Å². The standard InChI is InChI=1S/C13H17N/c1-10(2)3-4-11-5-6-12-7-8-14-13(12)9-11/h5-10,14H,3-4H2,1-2H3. The molecule has 0 saturated heterocycles. The summed E-state index contributed by atoms with van der Waals surface area (Å²) >= 11 is 0. The van der Waals surface area contributed by atoms with Crippen molar-refractivity contribution in [3.8, 4) is 0 Å². The predicted molar refractivity (Wildman–Crippen MR) is 61.5 cm³/mol. The van der Waals surface area contributed by atoms with Gasteiger partial charge in [0.25, 0.3) is 0 Å². The molecule has 2 rings (SSSR count). The molecule has 1 N–H and O–H groups in total. The maximum atomic E-state index is 3.25. The molecule has 1 heterocycles. The van der Waals surface area contributed by atoms with E-state index in [0.717, 1.165) is 5.92 Å². The van der Waals surface area contributed by atoms with Crippen LogP contribution in [0.2, 0.25) is 0 Å². The Balaban J connectivity index is 2.17. The lowest BCUT2D eigenvalue weighted by Gasteiger charge is -2.04. The maximum Gasteiger partial charge on any atom is 0.0456 e. The monoisotopic (exact) mass is 187 g/mol. The minimum Gasteiger partial charge on any atom is -0.361 e. The quantitative estimate of drug-likeness (QED) is 0.753. The predicted octanol–water partition coefficient (Wildman–Crippen LogP) is 3.76. The minimum absolute atomic E-state index is 0.786. The molecule has 0 unspecified atom stereocenters. The van der Waals surface area contributed by atoms with Crippen LogP contribution in [0.4, 0.5) is 0 Å². The van der Waals surface area contributed by atoms with E-state index in [2.05, 4.69) is 43.1 Å². The fourth-order valence-electron chi connectivity index (χ4n) is 1.71. The fourth-order valence-corrected chi connectivity index (χ4v) is 1.71. The summed E-state index contributed by atoms with van der Waals surface area (Å²) in [6, 6.07) is 8.80. The highest BCUT2D eigenvalue weighted by Crippen LogP contribution is 2.16. The number of hydrogen-bond acceptors (Lipinski definition) is 0. The van der Waals surface area contributed by atoms with Crippen LogP contribution >= 0.6 is 0 Å². The summed E-state index contributed by atoms with van der Waals surface area (Å²) in [7, 11) is 0. The van der Waals surface area contributed by atoms with Gasteiger partial charge in [0.2, 0.25) is 0 Å². The van der Waals surface area contributed by atoms with Crippen molar-refractivity contribution in [1.82, 2.24) is 4.98 Å². The number of fused-ring (bicyclic) bond motifs is 1.